The molecule has 1 aromatic rings. The number of benzene rings is 1. The molecule has 194 valence electrons. The zero-order valence-corrected chi connectivity index (χ0v) is 22.6. The molecule has 2 heterocycles. The molecule has 1 unspecified atom stereocenters. The van der Waals surface area contributed by atoms with Crippen molar-refractivity contribution in [2.24, 2.45) is 28.6 Å². The van der Waals surface area contributed by atoms with Crippen molar-refractivity contribution in [1.29, 1.82) is 0 Å². The van der Waals surface area contributed by atoms with E-state index in [1.807, 2.05) is 26.2 Å². The molecule has 3 saturated carbocycles. The zero-order valence-electron chi connectivity index (χ0n) is 22.6. The first kappa shape index (κ1) is 23.9. The topological polar surface area (TPSA) is 47.1 Å². The molecule has 0 saturated heterocycles. The van der Waals surface area contributed by atoms with Gasteiger partial charge in [0.25, 0.3) is 0 Å². The molecule has 1 aromatic carbocycles. The van der Waals surface area contributed by atoms with Crippen molar-refractivity contribution in [2.45, 2.75) is 76.9 Å². The Morgan fingerprint density at radius 2 is 1.78 bits per heavy atom. The molecule has 5 aliphatic rings. The highest BCUT2D eigenvalue weighted by molar-refractivity contribution is 5.90. The summed E-state index contributed by atoms with van der Waals surface area (Å²) in [6.45, 7) is 5.01. The van der Waals surface area contributed by atoms with Gasteiger partial charge in [0.15, 0.2) is 0 Å². The molecule has 0 aromatic heterocycles. The van der Waals surface area contributed by atoms with E-state index in [4.69, 9.17) is 0 Å². The van der Waals surface area contributed by atoms with Crippen molar-refractivity contribution in [3.63, 3.8) is 0 Å². The van der Waals surface area contributed by atoms with Gasteiger partial charge in [-0.1, -0.05) is 38.5 Å². The number of nitrogens with zero attached hydrogens (tertiary/aromatic N) is 4. The average Bonchev–Trinajstić information content (AvgIpc) is 3.40. The minimum atomic E-state index is -0.296. The van der Waals surface area contributed by atoms with Crippen LogP contribution < -0.4 is 9.91 Å². The molecule has 2 aliphatic heterocycles. The van der Waals surface area contributed by atoms with Crippen molar-refractivity contribution >= 4 is 23.7 Å². The van der Waals surface area contributed by atoms with Gasteiger partial charge in [-0.15, -0.1) is 0 Å². The Bertz CT molecular complexity index is 1100. The van der Waals surface area contributed by atoms with Crippen molar-refractivity contribution in [2.75, 3.05) is 31.1 Å². The molecule has 7 atom stereocenters. The van der Waals surface area contributed by atoms with E-state index < -0.39 is 0 Å². The third-order valence-corrected chi connectivity index (χ3v) is 11.7. The molecule has 0 spiro atoms. The van der Waals surface area contributed by atoms with Crippen LogP contribution in [-0.2, 0) is 9.59 Å². The molecule has 3 fully saturated rings. The second-order valence-corrected chi connectivity index (χ2v) is 12.9. The molecule has 0 bridgehead atoms. The lowest BCUT2D eigenvalue weighted by molar-refractivity contribution is -0.160. The molecule has 0 radical (unpaired) electrons. The maximum absolute atomic E-state index is 13.3. The van der Waals surface area contributed by atoms with Crippen LogP contribution in [0, 0.1) is 28.6 Å². The molecule has 6 rings (SSSR count). The second kappa shape index (κ2) is 8.00. The SMILES string of the molecule is CN1c2ccccc2N(N(C)C=O)C1C[C@@]12CC[C@H]3[C@@H]4CCC[C@@]4(C)CC[C@@H]3[C@@]1(C)C=CC(=O)N2C. The molecule has 3 aliphatic carbocycles. The van der Waals surface area contributed by atoms with Crippen LogP contribution in [0.15, 0.2) is 36.4 Å². The summed E-state index contributed by atoms with van der Waals surface area (Å²) in [5.41, 5.74) is 2.29. The lowest BCUT2D eigenvalue weighted by Crippen LogP contribution is -2.70. The lowest BCUT2D eigenvalue weighted by Gasteiger charge is -2.66. The number of hydrogen-bond acceptors (Lipinski definition) is 4. The highest BCUT2D eigenvalue weighted by Crippen LogP contribution is 2.67. The highest BCUT2D eigenvalue weighted by Gasteiger charge is 2.65. The number of para-hydroxylation sites is 2. The summed E-state index contributed by atoms with van der Waals surface area (Å²) < 4.78 is 0. The van der Waals surface area contributed by atoms with E-state index in [-0.39, 0.29) is 23.0 Å². The van der Waals surface area contributed by atoms with Crippen LogP contribution in [0.3, 0.4) is 0 Å². The number of rotatable bonds is 4. The molecule has 6 nitrogen and oxygen atoms in total. The fourth-order valence-corrected chi connectivity index (χ4v) is 9.68. The summed E-state index contributed by atoms with van der Waals surface area (Å²) in [7, 11) is 6.00. The number of hydrazine groups is 1. The molecule has 0 N–H and O–H groups in total. The monoisotopic (exact) mass is 490 g/mol. The van der Waals surface area contributed by atoms with E-state index in [2.05, 4.69) is 60.0 Å². The van der Waals surface area contributed by atoms with Crippen LogP contribution in [0.2, 0.25) is 0 Å². The smallest absolute Gasteiger partial charge is 0.246 e. The van der Waals surface area contributed by atoms with Crippen molar-refractivity contribution < 1.29 is 9.59 Å². The number of carbonyl (C=O) groups is 2. The Hall–Kier alpha value is -2.50. The summed E-state index contributed by atoms with van der Waals surface area (Å²) >= 11 is 0. The average molecular weight is 491 g/mol. The zero-order chi connectivity index (χ0) is 25.5. The number of amides is 2. The predicted molar refractivity (Wildman–Crippen MR) is 143 cm³/mol. The molecular formula is C30H42N4O2. The molecule has 2 amide bonds. The second-order valence-electron chi connectivity index (χ2n) is 12.9. The third-order valence-electron chi connectivity index (χ3n) is 11.7. The number of carbonyl (C=O) groups excluding carboxylic acids is 2. The van der Waals surface area contributed by atoms with Crippen molar-refractivity contribution in [3.8, 4) is 0 Å². The van der Waals surface area contributed by atoms with E-state index in [1.54, 1.807) is 5.01 Å². The molecule has 6 heteroatoms. The van der Waals surface area contributed by atoms with E-state index >= 15 is 0 Å². The van der Waals surface area contributed by atoms with Gasteiger partial charge in [-0.3, -0.25) is 19.6 Å². The minimum Gasteiger partial charge on any atom is -0.351 e. The van der Waals surface area contributed by atoms with Gasteiger partial charge in [0.2, 0.25) is 12.3 Å². The van der Waals surface area contributed by atoms with Crippen molar-refractivity contribution in [1.82, 2.24) is 9.91 Å². The lowest BCUT2D eigenvalue weighted by atomic mass is 9.44. The Morgan fingerprint density at radius 3 is 2.53 bits per heavy atom. The largest absolute Gasteiger partial charge is 0.351 e. The highest BCUT2D eigenvalue weighted by atomic mass is 16.2. The van der Waals surface area contributed by atoms with Crippen molar-refractivity contribution in [3.05, 3.63) is 36.4 Å². The minimum absolute atomic E-state index is 0.0458. The fraction of sp³-hybridized carbons (Fsp3) is 0.667. The Balaban J connectivity index is 1.42. The first-order valence-corrected chi connectivity index (χ1v) is 13.9. The summed E-state index contributed by atoms with van der Waals surface area (Å²) in [5.74, 6) is 2.25. The Labute approximate surface area is 216 Å². The van der Waals surface area contributed by atoms with E-state index in [0.29, 0.717) is 11.3 Å². The summed E-state index contributed by atoms with van der Waals surface area (Å²) in [6.07, 6.45) is 14.7. The number of likely N-dealkylation sites (N-methyl/N-ethyl adjacent to an activating group) is 1. The summed E-state index contributed by atoms with van der Waals surface area (Å²) in [4.78, 5) is 29.7. The fourth-order valence-electron chi connectivity index (χ4n) is 9.68. The van der Waals surface area contributed by atoms with Crippen LogP contribution >= 0.6 is 0 Å². The molecular weight excluding hydrogens is 448 g/mol. The van der Waals surface area contributed by atoms with E-state index in [0.717, 1.165) is 42.5 Å². The van der Waals surface area contributed by atoms with Gasteiger partial charge in [-0.05, 0) is 79.9 Å². The number of anilines is 2. The van der Waals surface area contributed by atoms with Gasteiger partial charge in [0, 0.05) is 33.0 Å². The van der Waals surface area contributed by atoms with Gasteiger partial charge >= 0.3 is 0 Å². The Morgan fingerprint density at radius 1 is 1.03 bits per heavy atom. The molecule has 36 heavy (non-hydrogen) atoms. The van der Waals surface area contributed by atoms with Crippen LogP contribution in [-0.4, -0.2) is 55.1 Å². The predicted octanol–water partition coefficient (Wildman–Crippen LogP) is 5.06. The van der Waals surface area contributed by atoms with Gasteiger partial charge in [-0.2, -0.15) is 0 Å². The summed E-state index contributed by atoms with van der Waals surface area (Å²) in [6, 6.07) is 8.32. The van der Waals surface area contributed by atoms with E-state index in [9.17, 15) is 9.59 Å². The first-order valence-electron chi connectivity index (χ1n) is 13.9. The van der Waals surface area contributed by atoms with Crippen LogP contribution in [0.25, 0.3) is 0 Å². The van der Waals surface area contributed by atoms with Gasteiger partial charge < -0.3 is 9.80 Å². The Kier molecular flexibility index (Phi) is 5.30. The standard InChI is InChI=1S/C30H42N4O2/c1-28-15-8-9-22(28)21-12-18-30(29(2,23(21)13-16-28)17-14-27(36)33(30)5)19-26-32(4)24-10-6-7-11-25(24)34(26)31(3)20-35/h6-7,10-11,14,17,20-23,26H,8-9,12-13,15-16,18-19H2,1-5H3/t21-,22-,23-,26?,28-,29+,30-/m0/s1. The van der Waals surface area contributed by atoms with E-state index in [1.165, 1.54) is 38.5 Å². The maximum atomic E-state index is 13.3. The number of fused-ring (bicyclic) bond motifs is 6. The van der Waals surface area contributed by atoms with Crippen LogP contribution in [0.1, 0.15) is 65.2 Å². The number of hydrogen-bond donors (Lipinski definition) is 0. The van der Waals surface area contributed by atoms with Crippen LogP contribution in [0.4, 0.5) is 11.4 Å². The third kappa shape index (κ3) is 2.96. The van der Waals surface area contributed by atoms with Gasteiger partial charge in [-0.25, -0.2) is 0 Å². The maximum Gasteiger partial charge on any atom is 0.246 e. The first-order chi connectivity index (χ1) is 17.2. The quantitative estimate of drug-likeness (QED) is 0.554. The summed E-state index contributed by atoms with van der Waals surface area (Å²) in [5, 5.41) is 3.81. The normalized spacial score (nSPS) is 41.0. The van der Waals surface area contributed by atoms with Gasteiger partial charge in [0.1, 0.15) is 6.17 Å². The van der Waals surface area contributed by atoms with Gasteiger partial charge in [0.05, 0.1) is 16.9 Å². The van der Waals surface area contributed by atoms with Crippen LogP contribution in [0.5, 0.6) is 0 Å².